The molecule has 0 aliphatic heterocycles. The predicted octanol–water partition coefficient (Wildman–Crippen LogP) is 1.75. The number of hydrogen-bond donors (Lipinski definition) is 1. The van der Waals surface area contributed by atoms with Gasteiger partial charge in [-0.05, 0) is 25.8 Å². The van der Waals surface area contributed by atoms with Crippen LogP contribution in [0.2, 0.25) is 0 Å². The number of aromatic nitrogens is 1. The van der Waals surface area contributed by atoms with E-state index in [1.807, 2.05) is 13.8 Å². The van der Waals surface area contributed by atoms with Gasteiger partial charge < -0.3 is 5.73 Å². The van der Waals surface area contributed by atoms with Crippen molar-refractivity contribution in [2.24, 2.45) is 5.73 Å². The molecule has 1 heterocycles. The van der Waals surface area contributed by atoms with E-state index in [1.165, 1.54) is 4.31 Å². The van der Waals surface area contributed by atoms with Crippen molar-refractivity contribution in [1.29, 1.82) is 0 Å². The fraction of sp³-hybridized carbons (Fsp3) is 0.615. The number of hydrogen-bond acceptors (Lipinski definition) is 4. The largest absolute Gasteiger partial charge is 0.329 e. The summed E-state index contributed by atoms with van der Waals surface area (Å²) in [6.07, 6.45) is 3.36. The molecule has 1 rings (SSSR count). The quantitative estimate of drug-likeness (QED) is 0.832. The minimum absolute atomic E-state index is 0.140. The Morgan fingerprint density at radius 3 is 2.50 bits per heavy atom. The zero-order valence-corrected chi connectivity index (χ0v) is 13.0. The van der Waals surface area contributed by atoms with Crippen molar-refractivity contribution in [3.8, 4) is 0 Å². The summed E-state index contributed by atoms with van der Waals surface area (Å²) in [6.45, 7) is 6.10. The van der Waals surface area contributed by atoms with Gasteiger partial charge in [0, 0.05) is 24.8 Å². The number of sulfonamides is 1. The van der Waals surface area contributed by atoms with Gasteiger partial charge in [-0.25, -0.2) is 12.8 Å². The maximum Gasteiger partial charge on any atom is 0.245 e. The van der Waals surface area contributed by atoms with E-state index in [0.29, 0.717) is 19.4 Å². The molecule has 0 aromatic carbocycles. The second-order valence-corrected chi connectivity index (χ2v) is 6.83. The standard InChI is InChI=1S/C13H22FN3O2S/c1-4-6-17(13(3,5-2)10-15)20(18,19)12-7-11(14)8-16-9-12/h7-9H,4-6,10,15H2,1-3H3. The summed E-state index contributed by atoms with van der Waals surface area (Å²) >= 11 is 0. The van der Waals surface area contributed by atoms with E-state index in [9.17, 15) is 12.8 Å². The topological polar surface area (TPSA) is 76.3 Å². The molecule has 0 amide bonds. The second kappa shape index (κ2) is 6.60. The Bertz CT molecular complexity index is 544. The van der Waals surface area contributed by atoms with E-state index < -0.39 is 21.4 Å². The summed E-state index contributed by atoms with van der Waals surface area (Å²) in [6, 6.07) is 0.984. The first-order valence-electron chi connectivity index (χ1n) is 6.65. The van der Waals surface area contributed by atoms with Crippen LogP contribution in [-0.2, 0) is 10.0 Å². The molecule has 1 unspecified atom stereocenters. The molecule has 0 aliphatic carbocycles. The molecule has 114 valence electrons. The Labute approximate surface area is 120 Å². The van der Waals surface area contributed by atoms with Crippen molar-refractivity contribution in [3.05, 3.63) is 24.3 Å². The van der Waals surface area contributed by atoms with Crippen LogP contribution in [0.25, 0.3) is 0 Å². The van der Waals surface area contributed by atoms with Crippen LogP contribution in [0.3, 0.4) is 0 Å². The first-order valence-corrected chi connectivity index (χ1v) is 8.09. The SMILES string of the molecule is CCCN(C(C)(CC)CN)S(=O)(=O)c1cncc(F)c1. The first-order chi connectivity index (χ1) is 9.31. The van der Waals surface area contributed by atoms with Crippen LogP contribution in [-0.4, -0.2) is 36.3 Å². The van der Waals surface area contributed by atoms with Crippen LogP contribution in [0.15, 0.2) is 23.4 Å². The van der Waals surface area contributed by atoms with Crippen molar-refractivity contribution >= 4 is 10.0 Å². The number of halogens is 1. The zero-order chi connectivity index (χ0) is 15.4. The number of rotatable bonds is 7. The molecular formula is C13H22FN3O2S. The van der Waals surface area contributed by atoms with Gasteiger partial charge in [-0.3, -0.25) is 4.98 Å². The van der Waals surface area contributed by atoms with Crippen LogP contribution in [0.1, 0.15) is 33.6 Å². The Morgan fingerprint density at radius 1 is 1.40 bits per heavy atom. The maximum absolute atomic E-state index is 13.2. The Balaban J connectivity index is 3.33. The van der Waals surface area contributed by atoms with E-state index in [1.54, 1.807) is 6.92 Å². The highest BCUT2D eigenvalue weighted by molar-refractivity contribution is 7.89. The van der Waals surface area contributed by atoms with Gasteiger partial charge in [0.15, 0.2) is 0 Å². The molecule has 5 nitrogen and oxygen atoms in total. The lowest BCUT2D eigenvalue weighted by molar-refractivity contribution is 0.206. The molecule has 0 fully saturated rings. The maximum atomic E-state index is 13.2. The average Bonchev–Trinajstić information content (AvgIpc) is 2.44. The van der Waals surface area contributed by atoms with Gasteiger partial charge in [-0.2, -0.15) is 4.31 Å². The van der Waals surface area contributed by atoms with Crippen molar-refractivity contribution < 1.29 is 12.8 Å². The lowest BCUT2D eigenvalue weighted by Crippen LogP contribution is -2.54. The monoisotopic (exact) mass is 303 g/mol. The normalized spacial score (nSPS) is 15.3. The summed E-state index contributed by atoms with van der Waals surface area (Å²) in [7, 11) is -3.82. The fourth-order valence-corrected chi connectivity index (χ4v) is 3.88. The average molecular weight is 303 g/mol. The van der Waals surface area contributed by atoms with Gasteiger partial charge in [0.25, 0.3) is 0 Å². The molecule has 2 N–H and O–H groups in total. The van der Waals surface area contributed by atoms with Crippen LogP contribution in [0.4, 0.5) is 4.39 Å². The third kappa shape index (κ3) is 3.34. The highest BCUT2D eigenvalue weighted by Crippen LogP contribution is 2.27. The van der Waals surface area contributed by atoms with Crippen LogP contribution in [0, 0.1) is 5.82 Å². The van der Waals surface area contributed by atoms with E-state index in [-0.39, 0.29) is 11.4 Å². The molecule has 0 aliphatic rings. The molecule has 1 aromatic heterocycles. The molecule has 0 radical (unpaired) electrons. The van der Waals surface area contributed by atoms with E-state index >= 15 is 0 Å². The smallest absolute Gasteiger partial charge is 0.245 e. The molecule has 1 aromatic rings. The molecule has 7 heteroatoms. The molecule has 1 atom stereocenters. The third-order valence-corrected chi connectivity index (χ3v) is 5.52. The molecule has 0 spiro atoms. The zero-order valence-electron chi connectivity index (χ0n) is 12.1. The third-order valence-electron chi connectivity index (χ3n) is 3.50. The fourth-order valence-electron chi connectivity index (χ4n) is 1.97. The number of nitrogens with two attached hydrogens (primary N) is 1. The summed E-state index contributed by atoms with van der Waals surface area (Å²) in [5, 5.41) is 0. The van der Waals surface area contributed by atoms with E-state index in [0.717, 1.165) is 18.5 Å². The lowest BCUT2D eigenvalue weighted by atomic mass is 9.99. The Hall–Kier alpha value is -1.05. The number of pyridine rings is 1. The van der Waals surface area contributed by atoms with E-state index in [4.69, 9.17) is 5.73 Å². The van der Waals surface area contributed by atoms with Gasteiger partial charge in [-0.15, -0.1) is 0 Å². The van der Waals surface area contributed by atoms with Crippen LogP contribution >= 0.6 is 0 Å². The van der Waals surface area contributed by atoms with Gasteiger partial charge in [0.05, 0.1) is 6.20 Å². The minimum Gasteiger partial charge on any atom is -0.329 e. The van der Waals surface area contributed by atoms with E-state index in [2.05, 4.69) is 4.98 Å². The summed E-state index contributed by atoms with van der Waals surface area (Å²) < 4.78 is 40.0. The summed E-state index contributed by atoms with van der Waals surface area (Å²) in [5.74, 6) is -0.673. The highest BCUT2D eigenvalue weighted by atomic mass is 32.2. The second-order valence-electron chi connectivity index (χ2n) is 4.97. The first kappa shape index (κ1) is 17.0. The Kier molecular flexibility index (Phi) is 5.61. The van der Waals surface area contributed by atoms with Crippen molar-refractivity contribution in [3.63, 3.8) is 0 Å². The number of nitrogens with zero attached hydrogens (tertiary/aromatic N) is 2. The van der Waals surface area contributed by atoms with Crippen molar-refractivity contribution in [1.82, 2.24) is 9.29 Å². The van der Waals surface area contributed by atoms with Gasteiger partial charge in [-0.1, -0.05) is 13.8 Å². The molecule has 0 saturated heterocycles. The van der Waals surface area contributed by atoms with Gasteiger partial charge in [0.2, 0.25) is 10.0 Å². The van der Waals surface area contributed by atoms with Gasteiger partial charge >= 0.3 is 0 Å². The lowest BCUT2D eigenvalue weighted by Gasteiger charge is -2.38. The van der Waals surface area contributed by atoms with Crippen LogP contribution < -0.4 is 5.73 Å². The van der Waals surface area contributed by atoms with Crippen molar-refractivity contribution in [2.75, 3.05) is 13.1 Å². The van der Waals surface area contributed by atoms with Crippen LogP contribution in [0.5, 0.6) is 0 Å². The molecule has 20 heavy (non-hydrogen) atoms. The summed E-state index contributed by atoms with van der Waals surface area (Å²) in [5.41, 5.74) is 5.06. The Morgan fingerprint density at radius 2 is 2.05 bits per heavy atom. The molecule has 0 bridgehead atoms. The highest BCUT2D eigenvalue weighted by Gasteiger charge is 2.38. The minimum atomic E-state index is -3.82. The predicted molar refractivity (Wildman–Crippen MR) is 76.1 cm³/mol. The summed E-state index contributed by atoms with van der Waals surface area (Å²) in [4.78, 5) is 3.47. The van der Waals surface area contributed by atoms with Gasteiger partial charge in [0.1, 0.15) is 10.7 Å². The molecule has 0 saturated carbocycles. The molecular weight excluding hydrogens is 281 g/mol. The van der Waals surface area contributed by atoms with Crippen molar-refractivity contribution in [2.45, 2.75) is 44.0 Å².